The summed E-state index contributed by atoms with van der Waals surface area (Å²) in [7, 11) is 0. The van der Waals surface area contributed by atoms with Gasteiger partial charge in [-0.2, -0.15) is 0 Å². The van der Waals surface area contributed by atoms with Crippen molar-refractivity contribution in [2.75, 3.05) is 5.73 Å². The molecule has 2 rings (SSSR count). The molecule has 0 bridgehead atoms. The van der Waals surface area contributed by atoms with E-state index in [4.69, 9.17) is 18.0 Å². The molecule has 0 aliphatic rings. The number of rotatable bonds is 1. The van der Waals surface area contributed by atoms with E-state index in [1.807, 2.05) is 0 Å². The fourth-order valence-corrected chi connectivity index (χ4v) is 2.17. The molecule has 1 aromatic heterocycles. The third kappa shape index (κ3) is 1.69. The third-order valence-corrected chi connectivity index (χ3v) is 2.87. The molecular weight excluding hydrogens is 219 g/mol. The normalized spacial score (nSPS) is 10.4. The quantitative estimate of drug-likeness (QED) is 0.733. The van der Waals surface area contributed by atoms with Gasteiger partial charge in [-0.15, -0.1) is 0 Å². The summed E-state index contributed by atoms with van der Waals surface area (Å²) in [5.74, 6) is -0.263. The molecule has 0 aliphatic heterocycles. The SMILES string of the molecule is Nc1sc(=S)[nH]c1-c1ccc(F)cc1. The Bertz CT molecular complexity index is 498. The highest BCUT2D eigenvalue weighted by atomic mass is 32.1. The van der Waals surface area contributed by atoms with Crippen LogP contribution in [0.5, 0.6) is 0 Å². The van der Waals surface area contributed by atoms with Crippen molar-refractivity contribution in [1.29, 1.82) is 0 Å². The van der Waals surface area contributed by atoms with Crippen LogP contribution in [0.2, 0.25) is 0 Å². The first kappa shape index (κ1) is 9.36. The fraction of sp³-hybridized carbons (Fsp3) is 0. The molecule has 0 fully saturated rings. The van der Waals surface area contributed by atoms with Gasteiger partial charge in [0.05, 0.1) is 5.69 Å². The highest BCUT2D eigenvalue weighted by molar-refractivity contribution is 7.73. The Hall–Kier alpha value is -1.20. The van der Waals surface area contributed by atoms with Gasteiger partial charge in [-0.1, -0.05) is 11.3 Å². The van der Waals surface area contributed by atoms with Crippen molar-refractivity contribution in [3.05, 3.63) is 34.0 Å². The van der Waals surface area contributed by atoms with Crippen LogP contribution in [0.25, 0.3) is 11.3 Å². The molecule has 0 aliphatic carbocycles. The Kier molecular flexibility index (Phi) is 2.35. The molecule has 3 N–H and O–H groups in total. The van der Waals surface area contributed by atoms with Gasteiger partial charge in [-0.05, 0) is 36.5 Å². The number of halogens is 1. The molecule has 0 radical (unpaired) electrons. The van der Waals surface area contributed by atoms with E-state index in [1.165, 1.54) is 23.5 Å². The molecule has 0 atom stereocenters. The maximum Gasteiger partial charge on any atom is 0.160 e. The molecule has 0 spiro atoms. The summed E-state index contributed by atoms with van der Waals surface area (Å²) in [6, 6.07) is 6.12. The van der Waals surface area contributed by atoms with Crippen LogP contribution in [0.4, 0.5) is 9.39 Å². The van der Waals surface area contributed by atoms with E-state index in [0.717, 1.165) is 11.3 Å². The Morgan fingerprint density at radius 1 is 1.29 bits per heavy atom. The van der Waals surface area contributed by atoms with Gasteiger partial charge in [0.2, 0.25) is 0 Å². The molecular formula is C9H7FN2S2. The molecule has 2 nitrogen and oxygen atoms in total. The number of thiazole rings is 1. The number of anilines is 1. The number of aromatic amines is 1. The average molecular weight is 226 g/mol. The van der Waals surface area contributed by atoms with Gasteiger partial charge in [0.25, 0.3) is 0 Å². The Morgan fingerprint density at radius 2 is 1.93 bits per heavy atom. The molecule has 14 heavy (non-hydrogen) atoms. The van der Waals surface area contributed by atoms with Gasteiger partial charge in [-0.3, -0.25) is 0 Å². The van der Waals surface area contributed by atoms with Crippen molar-refractivity contribution in [1.82, 2.24) is 4.98 Å². The summed E-state index contributed by atoms with van der Waals surface area (Å²) in [5.41, 5.74) is 7.35. The van der Waals surface area contributed by atoms with E-state index in [0.29, 0.717) is 8.96 Å². The number of aromatic nitrogens is 1. The predicted octanol–water partition coefficient (Wildman–Crippen LogP) is 3.19. The van der Waals surface area contributed by atoms with E-state index >= 15 is 0 Å². The second-order valence-electron chi connectivity index (χ2n) is 2.76. The minimum Gasteiger partial charge on any atom is -0.389 e. The van der Waals surface area contributed by atoms with Crippen molar-refractivity contribution in [3.63, 3.8) is 0 Å². The second-order valence-corrected chi connectivity index (χ2v) is 4.48. The molecule has 1 aromatic carbocycles. The van der Waals surface area contributed by atoms with Crippen LogP contribution >= 0.6 is 23.6 Å². The summed E-state index contributed by atoms with van der Waals surface area (Å²) in [4.78, 5) is 2.97. The van der Waals surface area contributed by atoms with Gasteiger partial charge >= 0.3 is 0 Å². The number of nitrogens with two attached hydrogens (primary N) is 1. The average Bonchev–Trinajstić information content (AvgIpc) is 2.47. The zero-order chi connectivity index (χ0) is 10.1. The number of nitrogen functional groups attached to an aromatic ring is 1. The van der Waals surface area contributed by atoms with E-state index in [-0.39, 0.29) is 5.82 Å². The maximum absolute atomic E-state index is 12.6. The van der Waals surface area contributed by atoms with E-state index < -0.39 is 0 Å². The first-order chi connectivity index (χ1) is 6.66. The Morgan fingerprint density at radius 3 is 2.43 bits per heavy atom. The lowest BCUT2D eigenvalue weighted by molar-refractivity contribution is 0.628. The predicted molar refractivity (Wildman–Crippen MR) is 59.3 cm³/mol. The smallest absolute Gasteiger partial charge is 0.160 e. The largest absolute Gasteiger partial charge is 0.389 e. The second kappa shape index (κ2) is 3.51. The zero-order valence-corrected chi connectivity index (χ0v) is 8.71. The minimum absolute atomic E-state index is 0.263. The number of benzene rings is 1. The van der Waals surface area contributed by atoms with Crippen molar-refractivity contribution >= 4 is 28.6 Å². The number of nitrogens with one attached hydrogen (secondary N) is 1. The van der Waals surface area contributed by atoms with Crippen molar-refractivity contribution in [3.8, 4) is 11.3 Å². The van der Waals surface area contributed by atoms with Crippen LogP contribution in [0.3, 0.4) is 0 Å². The Labute approximate surface area is 89.2 Å². The number of H-pyrrole nitrogens is 1. The van der Waals surface area contributed by atoms with Crippen LogP contribution < -0.4 is 5.73 Å². The lowest BCUT2D eigenvalue weighted by atomic mass is 10.2. The van der Waals surface area contributed by atoms with Gasteiger partial charge in [-0.25, -0.2) is 4.39 Å². The molecule has 0 saturated heterocycles. The van der Waals surface area contributed by atoms with Crippen LogP contribution in [0.15, 0.2) is 24.3 Å². The number of hydrogen-bond acceptors (Lipinski definition) is 3. The molecule has 0 amide bonds. The molecule has 2 aromatic rings. The standard InChI is InChI=1S/C9H7FN2S2/c10-6-3-1-5(2-4-6)7-8(11)14-9(13)12-7/h1-4H,11H2,(H,12,13). The van der Waals surface area contributed by atoms with Gasteiger partial charge in [0, 0.05) is 5.56 Å². The van der Waals surface area contributed by atoms with Crippen LogP contribution in [0.1, 0.15) is 0 Å². The minimum atomic E-state index is -0.263. The van der Waals surface area contributed by atoms with Crippen LogP contribution in [0, 0.1) is 9.77 Å². The topological polar surface area (TPSA) is 41.8 Å². The van der Waals surface area contributed by atoms with Crippen molar-refractivity contribution in [2.24, 2.45) is 0 Å². The fourth-order valence-electron chi connectivity index (χ4n) is 1.17. The van der Waals surface area contributed by atoms with E-state index in [1.54, 1.807) is 12.1 Å². The van der Waals surface area contributed by atoms with E-state index in [9.17, 15) is 4.39 Å². The third-order valence-electron chi connectivity index (χ3n) is 1.81. The van der Waals surface area contributed by atoms with Gasteiger partial charge < -0.3 is 10.7 Å². The van der Waals surface area contributed by atoms with Crippen LogP contribution in [-0.4, -0.2) is 4.98 Å². The highest BCUT2D eigenvalue weighted by Gasteiger charge is 2.05. The summed E-state index contributed by atoms with van der Waals surface area (Å²) in [6.45, 7) is 0. The van der Waals surface area contributed by atoms with E-state index in [2.05, 4.69) is 4.98 Å². The van der Waals surface area contributed by atoms with Gasteiger partial charge in [0.1, 0.15) is 10.8 Å². The molecule has 0 saturated carbocycles. The summed E-state index contributed by atoms with van der Waals surface area (Å²) < 4.78 is 13.3. The zero-order valence-electron chi connectivity index (χ0n) is 7.08. The molecule has 72 valence electrons. The monoisotopic (exact) mass is 226 g/mol. The molecule has 0 unspecified atom stereocenters. The Balaban J connectivity index is 2.54. The molecule has 1 heterocycles. The van der Waals surface area contributed by atoms with Crippen molar-refractivity contribution in [2.45, 2.75) is 0 Å². The number of hydrogen-bond donors (Lipinski definition) is 2. The van der Waals surface area contributed by atoms with Gasteiger partial charge in [0.15, 0.2) is 3.95 Å². The first-order valence-corrected chi connectivity index (χ1v) is 5.14. The molecule has 5 heteroatoms. The highest BCUT2D eigenvalue weighted by Crippen LogP contribution is 2.28. The lowest BCUT2D eigenvalue weighted by Gasteiger charge is -1.98. The van der Waals surface area contributed by atoms with Crippen LogP contribution in [-0.2, 0) is 0 Å². The lowest BCUT2D eigenvalue weighted by Crippen LogP contribution is -1.85. The summed E-state index contributed by atoms with van der Waals surface area (Å²) in [6.07, 6.45) is 0. The summed E-state index contributed by atoms with van der Waals surface area (Å²) >= 11 is 6.27. The van der Waals surface area contributed by atoms with Crippen molar-refractivity contribution < 1.29 is 4.39 Å². The first-order valence-electron chi connectivity index (χ1n) is 3.91. The maximum atomic E-state index is 12.6. The summed E-state index contributed by atoms with van der Waals surface area (Å²) in [5, 5.41) is 0.626.